The number of hydrogen-bond acceptors (Lipinski definition) is 5. The molecule has 0 aliphatic rings. The van der Waals surface area contributed by atoms with E-state index in [4.69, 9.17) is 4.79 Å². The fraction of sp³-hybridized carbons (Fsp3) is 0.731. The maximum atomic E-state index is 12.6. The van der Waals surface area contributed by atoms with Gasteiger partial charge in [0.25, 0.3) is 0 Å². The Morgan fingerprint density at radius 1 is 0.689 bits per heavy atom. The summed E-state index contributed by atoms with van der Waals surface area (Å²) < 4.78 is 37.7. The second-order valence-electron chi connectivity index (χ2n) is 15.9. The molecule has 0 aliphatic heterocycles. The summed E-state index contributed by atoms with van der Waals surface area (Å²) in [6, 6.07) is 11.4. The molecule has 0 fully saturated rings. The molecule has 0 spiro atoms. The standard InChI is InChI=1S/C17H28N2O.C16H35N.C10H12F3N.C4H10.C3H8.C2H4O/c1-4-6-7-11-15(10-5-2)19(3)17-13-9-8-12-16(17)18-14-20;1-5-10-15(11-6-2)16(12-7-3)13-9-14-17-8-4;1-6-4-7(2)9(14-3)8(5-6)10(11,12)13;1-3-4-2;1-3-2;1-2-3/h8-9,12-15H,4-7,10-11H2,1-3H3,(H,18,20);15-17H,5-14H2,1-4H3;4-5,14H,1-3H3;3-4H2,1-2H3;3H2,1-2H3;2H,1H3. The van der Waals surface area contributed by atoms with E-state index in [1.54, 1.807) is 19.9 Å². The zero-order valence-corrected chi connectivity index (χ0v) is 42.2. The van der Waals surface area contributed by atoms with Crippen LogP contribution in [0, 0.1) is 25.7 Å². The first-order valence-corrected chi connectivity index (χ1v) is 24.1. The Labute approximate surface area is 375 Å². The highest BCUT2D eigenvalue weighted by atomic mass is 19.4. The summed E-state index contributed by atoms with van der Waals surface area (Å²) in [5.41, 5.74) is 2.78. The minimum Gasteiger partial charge on any atom is -0.387 e. The number of rotatable bonds is 24. The van der Waals surface area contributed by atoms with Crippen LogP contribution in [0.5, 0.6) is 0 Å². The largest absolute Gasteiger partial charge is 0.418 e. The van der Waals surface area contributed by atoms with Crippen LogP contribution >= 0.6 is 0 Å². The zero-order chi connectivity index (χ0) is 47.5. The van der Waals surface area contributed by atoms with Gasteiger partial charge in [-0.2, -0.15) is 13.2 Å². The van der Waals surface area contributed by atoms with Gasteiger partial charge in [0.1, 0.15) is 6.29 Å². The van der Waals surface area contributed by atoms with Crippen LogP contribution in [-0.2, 0) is 15.8 Å². The highest BCUT2D eigenvalue weighted by molar-refractivity contribution is 5.81. The van der Waals surface area contributed by atoms with Crippen molar-refractivity contribution in [2.75, 3.05) is 42.7 Å². The monoisotopic (exact) mass is 867 g/mol. The molecule has 2 atom stereocenters. The van der Waals surface area contributed by atoms with Crippen LogP contribution in [0.2, 0.25) is 0 Å². The molecule has 0 heterocycles. The van der Waals surface area contributed by atoms with Crippen LogP contribution < -0.4 is 20.9 Å². The number of carbonyl (C=O) groups excluding carboxylic acids is 2. The van der Waals surface area contributed by atoms with Crippen LogP contribution in [0.3, 0.4) is 0 Å². The highest BCUT2D eigenvalue weighted by Gasteiger charge is 2.34. The van der Waals surface area contributed by atoms with E-state index in [-0.39, 0.29) is 5.69 Å². The second-order valence-corrected chi connectivity index (χ2v) is 15.9. The molecule has 0 aromatic heterocycles. The molecule has 0 radical (unpaired) electrons. The van der Waals surface area contributed by atoms with Gasteiger partial charge >= 0.3 is 6.18 Å². The molecule has 2 unspecified atom stereocenters. The molecule has 0 saturated carbocycles. The molecule has 9 heteroatoms. The maximum absolute atomic E-state index is 12.6. The van der Waals surface area contributed by atoms with Crippen molar-refractivity contribution in [2.24, 2.45) is 11.8 Å². The molecule has 0 bridgehead atoms. The molecule has 3 N–H and O–H groups in total. The molecule has 0 saturated heterocycles. The number of hydrogen-bond donors (Lipinski definition) is 3. The Bertz CT molecular complexity index is 1250. The zero-order valence-electron chi connectivity index (χ0n) is 42.2. The van der Waals surface area contributed by atoms with Gasteiger partial charge in [0.05, 0.1) is 16.9 Å². The Morgan fingerprint density at radius 2 is 1.20 bits per heavy atom. The maximum Gasteiger partial charge on any atom is 0.418 e. The van der Waals surface area contributed by atoms with Crippen molar-refractivity contribution in [3.8, 4) is 0 Å². The second kappa shape index (κ2) is 45.0. The van der Waals surface area contributed by atoms with Gasteiger partial charge in [-0.25, -0.2) is 0 Å². The first kappa shape index (κ1) is 64.6. The molecule has 61 heavy (non-hydrogen) atoms. The predicted octanol–water partition coefficient (Wildman–Crippen LogP) is 16.2. The lowest BCUT2D eigenvalue weighted by atomic mass is 9.80. The number of aldehydes is 1. The predicted molar refractivity (Wildman–Crippen MR) is 266 cm³/mol. The average molecular weight is 867 g/mol. The number of anilines is 3. The summed E-state index contributed by atoms with van der Waals surface area (Å²) in [6.45, 7) is 29.4. The fourth-order valence-electron chi connectivity index (χ4n) is 7.19. The number of aryl methyl sites for hydroxylation is 2. The molecule has 2 aromatic carbocycles. The van der Waals surface area contributed by atoms with Gasteiger partial charge in [-0.3, -0.25) is 4.79 Å². The topological polar surface area (TPSA) is 73.5 Å². The molecule has 6 nitrogen and oxygen atoms in total. The summed E-state index contributed by atoms with van der Waals surface area (Å²) >= 11 is 0. The van der Waals surface area contributed by atoms with E-state index in [9.17, 15) is 18.0 Å². The van der Waals surface area contributed by atoms with Crippen LogP contribution in [0.1, 0.15) is 202 Å². The van der Waals surface area contributed by atoms with Crippen LogP contribution in [0.15, 0.2) is 36.4 Å². The summed E-state index contributed by atoms with van der Waals surface area (Å²) in [5, 5.41) is 8.83. The fourth-order valence-corrected chi connectivity index (χ4v) is 7.19. The number of benzene rings is 2. The lowest BCUT2D eigenvalue weighted by Crippen LogP contribution is -2.32. The van der Waals surface area contributed by atoms with Crippen molar-refractivity contribution in [2.45, 2.75) is 211 Å². The number of carbonyl (C=O) groups is 2. The third-order valence-corrected chi connectivity index (χ3v) is 10.2. The third-order valence-electron chi connectivity index (χ3n) is 10.2. The minimum atomic E-state index is -4.30. The molecular formula is C52H97F3N4O2. The molecule has 2 rings (SSSR count). The molecule has 358 valence electrons. The summed E-state index contributed by atoms with van der Waals surface area (Å²) in [4.78, 5) is 21.9. The normalized spacial score (nSPS) is 11.3. The van der Waals surface area contributed by atoms with Gasteiger partial charge in [-0.1, -0.05) is 176 Å². The van der Waals surface area contributed by atoms with Crippen molar-refractivity contribution in [3.63, 3.8) is 0 Å². The van der Waals surface area contributed by atoms with Crippen LogP contribution in [0.25, 0.3) is 0 Å². The van der Waals surface area contributed by atoms with Crippen molar-refractivity contribution in [1.82, 2.24) is 5.32 Å². The van der Waals surface area contributed by atoms with E-state index in [1.807, 2.05) is 18.2 Å². The Morgan fingerprint density at radius 3 is 1.62 bits per heavy atom. The van der Waals surface area contributed by atoms with E-state index in [0.717, 1.165) is 48.5 Å². The SMILES string of the molecule is CC=O.CCC.CCCC.CCCC(CCC)C(CCC)CCCNCC.CCCCCC(CCC)N(C)c1ccccc1NC=O.CNc1c(C)cc(C)cc1C(F)(F)F. The lowest BCUT2D eigenvalue weighted by molar-refractivity contribution is -0.137. The van der Waals surface area contributed by atoms with Crippen LogP contribution in [0.4, 0.5) is 30.2 Å². The Kier molecular flexibility index (Phi) is 47.6. The molecule has 1 amide bonds. The third kappa shape index (κ3) is 34.1. The summed E-state index contributed by atoms with van der Waals surface area (Å²) in [5.74, 6) is 1.98. The molecule has 2 aromatic rings. The van der Waals surface area contributed by atoms with Gasteiger partial charge in [0.2, 0.25) is 6.41 Å². The van der Waals surface area contributed by atoms with Crippen molar-refractivity contribution >= 4 is 29.8 Å². The van der Waals surface area contributed by atoms with Crippen molar-refractivity contribution < 1.29 is 22.8 Å². The van der Waals surface area contributed by atoms with Gasteiger partial charge in [-0.15, -0.1) is 0 Å². The average Bonchev–Trinajstić information content (AvgIpc) is 3.22. The Balaban J connectivity index is -0.000000362. The van der Waals surface area contributed by atoms with Crippen molar-refractivity contribution in [1.29, 1.82) is 0 Å². The van der Waals surface area contributed by atoms with E-state index >= 15 is 0 Å². The van der Waals surface area contributed by atoms with E-state index in [2.05, 4.69) is 103 Å². The van der Waals surface area contributed by atoms with E-state index in [1.165, 1.54) is 130 Å². The molecule has 0 aliphatic carbocycles. The number of halogens is 3. The van der Waals surface area contributed by atoms with Gasteiger partial charge < -0.3 is 25.6 Å². The first-order chi connectivity index (χ1) is 29.1. The van der Waals surface area contributed by atoms with Crippen LogP contribution in [-0.4, -0.2) is 45.9 Å². The molecular weight excluding hydrogens is 770 g/mol. The number of unbranched alkanes of at least 4 members (excludes halogenated alkanes) is 3. The lowest BCUT2D eigenvalue weighted by Gasteiger charge is -2.31. The highest BCUT2D eigenvalue weighted by Crippen LogP contribution is 2.37. The minimum absolute atomic E-state index is 0.156. The number of alkyl halides is 3. The van der Waals surface area contributed by atoms with Crippen molar-refractivity contribution in [3.05, 3.63) is 53.1 Å². The van der Waals surface area contributed by atoms with Gasteiger partial charge in [-0.05, 0) is 95.1 Å². The summed E-state index contributed by atoms with van der Waals surface area (Å²) in [6.07, 6.45) is 19.7. The quantitative estimate of drug-likeness (QED) is 0.0724. The Hall–Kier alpha value is -3.07. The smallest absolute Gasteiger partial charge is 0.387 e. The van der Waals surface area contributed by atoms with E-state index in [0.29, 0.717) is 17.2 Å². The number of nitrogens with zero attached hydrogens (tertiary/aromatic N) is 1. The van der Waals surface area contributed by atoms with Gasteiger partial charge in [0, 0.05) is 25.8 Å². The number of amides is 1. The summed E-state index contributed by atoms with van der Waals surface area (Å²) in [7, 11) is 3.63. The number of para-hydroxylation sites is 2. The van der Waals surface area contributed by atoms with Gasteiger partial charge in [0.15, 0.2) is 0 Å². The first-order valence-electron chi connectivity index (χ1n) is 24.1. The van der Waals surface area contributed by atoms with E-state index < -0.39 is 11.7 Å². The number of nitrogens with one attached hydrogen (secondary N) is 3.